The van der Waals surface area contributed by atoms with Gasteiger partial charge in [0.15, 0.2) is 0 Å². The third kappa shape index (κ3) is 4.99. The molecule has 2 amide bonds. The molecule has 192 valence electrons. The van der Waals surface area contributed by atoms with Crippen molar-refractivity contribution in [2.24, 2.45) is 5.92 Å². The molecular formula is C30H32N2O5. The van der Waals surface area contributed by atoms with Gasteiger partial charge in [-0.05, 0) is 74.2 Å². The van der Waals surface area contributed by atoms with Gasteiger partial charge in [0.05, 0.1) is 20.3 Å². The first-order valence-electron chi connectivity index (χ1n) is 12.6. The molecule has 0 spiro atoms. The number of amides is 2. The van der Waals surface area contributed by atoms with Crippen LogP contribution in [0.15, 0.2) is 66.7 Å². The Morgan fingerprint density at radius 3 is 2.11 bits per heavy atom. The van der Waals surface area contributed by atoms with E-state index in [4.69, 9.17) is 14.2 Å². The molecular weight excluding hydrogens is 468 g/mol. The van der Waals surface area contributed by atoms with Crippen LogP contribution in [0.1, 0.15) is 39.1 Å². The molecule has 3 aromatic rings. The minimum Gasteiger partial charge on any atom is -0.496 e. The molecule has 7 nitrogen and oxygen atoms in total. The minimum absolute atomic E-state index is 0.000292. The van der Waals surface area contributed by atoms with Crippen LogP contribution in [0.3, 0.4) is 0 Å². The Morgan fingerprint density at radius 1 is 0.811 bits per heavy atom. The maximum atomic E-state index is 13.5. The Kier molecular flexibility index (Phi) is 7.04. The Balaban J connectivity index is 1.30. The first-order chi connectivity index (χ1) is 18.0. The number of fused-ring (bicyclic) bond motifs is 1. The number of methoxy groups -OCH3 is 2. The van der Waals surface area contributed by atoms with Crippen LogP contribution in [0.25, 0.3) is 0 Å². The Hall–Kier alpha value is -4.00. The lowest BCUT2D eigenvalue weighted by Gasteiger charge is -2.36. The lowest BCUT2D eigenvalue weighted by molar-refractivity contribution is 0.0564. The van der Waals surface area contributed by atoms with Crippen LogP contribution in [0.5, 0.6) is 23.0 Å². The topological polar surface area (TPSA) is 68.3 Å². The summed E-state index contributed by atoms with van der Waals surface area (Å²) in [5.74, 6) is 2.86. The van der Waals surface area contributed by atoms with Crippen LogP contribution in [0.2, 0.25) is 0 Å². The first kappa shape index (κ1) is 24.7. The van der Waals surface area contributed by atoms with E-state index in [0.717, 1.165) is 24.2 Å². The third-order valence-corrected chi connectivity index (χ3v) is 7.41. The van der Waals surface area contributed by atoms with Crippen LogP contribution in [-0.2, 0) is 0 Å². The standard InChI is InChI=1S/C30H32N2O5/c1-20-27(35-2)16-23(17-28(20)36-3)29(33)31-18-22-8-7-15-32(26(22)19-31)30(34)21-11-13-25(14-12-21)37-24-9-5-4-6-10-24/h4-6,9-14,16-17,22,26H,7-8,15,18-19H2,1-3H3/t22-,26+/m1/s1. The lowest BCUT2D eigenvalue weighted by atomic mass is 9.91. The molecule has 0 unspecified atom stereocenters. The average molecular weight is 501 g/mol. The normalized spacial score (nSPS) is 18.8. The van der Waals surface area contributed by atoms with Crippen molar-refractivity contribution in [2.75, 3.05) is 33.9 Å². The fraction of sp³-hybridized carbons (Fsp3) is 0.333. The highest BCUT2D eigenvalue weighted by atomic mass is 16.5. The molecule has 0 aliphatic carbocycles. The number of carbonyl (C=O) groups excluding carboxylic acids is 2. The van der Waals surface area contributed by atoms with Gasteiger partial charge in [0, 0.05) is 36.3 Å². The zero-order valence-corrected chi connectivity index (χ0v) is 21.5. The zero-order chi connectivity index (χ0) is 25.9. The number of likely N-dealkylation sites (tertiary alicyclic amines) is 2. The van der Waals surface area contributed by atoms with E-state index < -0.39 is 0 Å². The van der Waals surface area contributed by atoms with E-state index in [0.29, 0.717) is 48.0 Å². The number of carbonyl (C=O) groups is 2. The van der Waals surface area contributed by atoms with Crippen molar-refractivity contribution >= 4 is 11.8 Å². The van der Waals surface area contributed by atoms with E-state index in [1.807, 2.05) is 71.3 Å². The molecule has 2 heterocycles. The van der Waals surface area contributed by atoms with Gasteiger partial charge in [-0.15, -0.1) is 0 Å². The number of hydrogen-bond acceptors (Lipinski definition) is 5. The second-order valence-corrected chi connectivity index (χ2v) is 9.62. The molecule has 5 rings (SSSR count). The maximum Gasteiger partial charge on any atom is 0.254 e. The van der Waals surface area contributed by atoms with E-state index in [9.17, 15) is 9.59 Å². The smallest absolute Gasteiger partial charge is 0.254 e. The number of hydrogen-bond donors (Lipinski definition) is 0. The number of ether oxygens (including phenoxy) is 3. The predicted molar refractivity (Wildman–Crippen MR) is 141 cm³/mol. The van der Waals surface area contributed by atoms with Gasteiger partial charge in [-0.25, -0.2) is 0 Å². The van der Waals surface area contributed by atoms with E-state index in [2.05, 4.69) is 0 Å². The molecule has 0 N–H and O–H groups in total. The van der Waals surface area contributed by atoms with E-state index in [-0.39, 0.29) is 23.8 Å². The Morgan fingerprint density at radius 2 is 1.46 bits per heavy atom. The second-order valence-electron chi connectivity index (χ2n) is 9.62. The van der Waals surface area contributed by atoms with E-state index >= 15 is 0 Å². The SMILES string of the molecule is COc1cc(C(=O)N2C[C@H]3CCCN(C(=O)c4ccc(Oc5ccccc5)cc4)[C@H]3C2)cc(OC)c1C. The first-order valence-corrected chi connectivity index (χ1v) is 12.6. The molecule has 2 aliphatic heterocycles. The van der Waals surface area contributed by atoms with Gasteiger partial charge < -0.3 is 24.0 Å². The van der Waals surface area contributed by atoms with Crippen molar-refractivity contribution in [3.05, 3.63) is 83.4 Å². The molecule has 0 radical (unpaired) electrons. The molecule has 2 fully saturated rings. The van der Waals surface area contributed by atoms with Gasteiger partial charge >= 0.3 is 0 Å². The highest BCUT2D eigenvalue weighted by Crippen LogP contribution is 2.35. The summed E-state index contributed by atoms with van der Waals surface area (Å²) in [6.07, 6.45) is 1.93. The maximum absolute atomic E-state index is 13.5. The molecule has 3 aromatic carbocycles. The predicted octanol–water partition coefficient (Wildman–Crippen LogP) is 5.18. The molecule has 0 aromatic heterocycles. The van der Waals surface area contributed by atoms with Gasteiger partial charge in [-0.2, -0.15) is 0 Å². The summed E-state index contributed by atoms with van der Waals surface area (Å²) >= 11 is 0. The second kappa shape index (κ2) is 10.5. The van der Waals surface area contributed by atoms with Gasteiger partial charge in [0.1, 0.15) is 23.0 Å². The fourth-order valence-corrected chi connectivity index (χ4v) is 5.45. The van der Waals surface area contributed by atoms with Crippen LogP contribution in [0, 0.1) is 12.8 Å². The van der Waals surface area contributed by atoms with Crippen molar-refractivity contribution in [1.29, 1.82) is 0 Å². The fourth-order valence-electron chi connectivity index (χ4n) is 5.45. The number of para-hydroxylation sites is 1. The van der Waals surface area contributed by atoms with Crippen molar-refractivity contribution in [2.45, 2.75) is 25.8 Å². The van der Waals surface area contributed by atoms with Gasteiger partial charge in [-0.1, -0.05) is 18.2 Å². The third-order valence-electron chi connectivity index (χ3n) is 7.41. The van der Waals surface area contributed by atoms with E-state index in [1.54, 1.807) is 26.4 Å². The highest BCUT2D eigenvalue weighted by molar-refractivity contribution is 5.96. The molecule has 2 atom stereocenters. The van der Waals surface area contributed by atoms with Crippen molar-refractivity contribution < 1.29 is 23.8 Å². The summed E-state index contributed by atoms with van der Waals surface area (Å²) in [5.41, 5.74) is 2.01. The molecule has 37 heavy (non-hydrogen) atoms. The number of piperidine rings is 1. The van der Waals surface area contributed by atoms with Crippen LogP contribution in [-0.4, -0.2) is 61.5 Å². The summed E-state index contributed by atoms with van der Waals surface area (Å²) in [5, 5.41) is 0. The highest BCUT2D eigenvalue weighted by Gasteiger charge is 2.43. The lowest BCUT2D eigenvalue weighted by Crippen LogP contribution is -2.48. The molecule has 7 heteroatoms. The van der Waals surface area contributed by atoms with Crippen molar-refractivity contribution in [3.8, 4) is 23.0 Å². The van der Waals surface area contributed by atoms with Crippen molar-refractivity contribution in [1.82, 2.24) is 9.80 Å². The van der Waals surface area contributed by atoms with Crippen LogP contribution in [0.4, 0.5) is 0 Å². The molecule has 2 saturated heterocycles. The molecule has 2 aliphatic rings. The summed E-state index contributed by atoms with van der Waals surface area (Å²) in [4.78, 5) is 30.8. The monoisotopic (exact) mass is 500 g/mol. The summed E-state index contributed by atoms with van der Waals surface area (Å²) in [6.45, 7) is 3.75. The van der Waals surface area contributed by atoms with Gasteiger partial charge in [0.25, 0.3) is 11.8 Å². The zero-order valence-electron chi connectivity index (χ0n) is 21.5. The number of benzene rings is 3. The molecule has 0 saturated carbocycles. The Bertz CT molecular complexity index is 1250. The minimum atomic E-state index is -0.0687. The summed E-state index contributed by atoms with van der Waals surface area (Å²) in [7, 11) is 3.18. The number of nitrogens with zero attached hydrogens (tertiary/aromatic N) is 2. The summed E-state index contributed by atoms with van der Waals surface area (Å²) in [6, 6.07) is 20.4. The largest absolute Gasteiger partial charge is 0.496 e. The van der Waals surface area contributed by atoms with E-state index in [1.165, 1.54) is 0 Å². The van der Waals surface area contributed by atoms with Gasteiger partial charge in [-0.3, -0.25) is 9.59 Å². The van der Waals surface area contributed by atoms with Crippen LogP contribution < -0.4 is 14.2 Å². The summed E-state index contributed by atoms with van der Waals surface area (Å²) < 4.78 is 16.8. The number of rotatable bonds is 6. The molecule has 0 bridgehead atoms. The Labute approximate surface area is 217 Å². The quantitative estimate of drug-likeness (QED) is 0.467. The average Bonchev–Trinajstić information content (AvgIpc) is 3.38. The van der Waals surface area contributed by atoms with Gasteiger partial charge in [0.2, 0.25) is 0 Å². The van der Waals surface area contributed by atoms with Crippen molar-refractivity contribution in [3.63, 3.8) is 0 Å². The van der Waals surface area contributed by atoms with Crippen LogP contribution >= 0.6 is 0 Å².